The molecule has 2 amide bonds. The van der Waals surface area contributed by atoms with Crippen LogP contribution in [0.5, 0.6) is 0 Å². The fourth-order valence-electron chi connectivity index (χ4n) is 3.18. The summed E-state index contributed by atoms with van der Waals surface area (Å²) >= 11 is 0. The van der Waals surface area contributed by atoms with Crippen LogP contribution in [0.4, 0.5) is 0 Å². The van der Waals surface area contributed by atoms with Crippen molar-refractivity contribution in [2.45, 2.75) is 12.1 Å². The van der Waals surface area contributed by atoms with E-state index < -0.39 is 12.1 Å². The zero-order chi connectivity index (χ0) is 16.9. The second-order valence-electron chi connectivity index (χ2n) is 5.90. The van der Waals surface area contributed by atoms with Crippen molar-refractivity contribution in [1.82, 2.24) is 15.1 Å². The number of ether oxygens (including phenoxy) is 2. The van der Waals surface area contributed by atoms with Gasteiger partial charge in [-0.1, -0.05) is 30.3 Å². The van der Waals surface area contributed by atoms with E-state index in [2.05, 4.69) is 10.2 Å². The van der Waals surface area contributed by atoms with E-state index in [1.54, 1.807) is 7.05 Å². The van der Waals surface area contributed by atoms with Crippen LogP contribution in [0.1, 0.15) is 11.6 Å². The van der Waals surface area contributed by atoms with Gasteiger partial charge in [-0.3, -0.25) is 14.5 Å². The van der Waals surface area contributed by atoms with Gasteiger partial charge in [0.2, 0.25) is 11.8 Å². The van der Waals surface area contributed by atoms with Crippen LogP contribution >= 0.6 is 0 Å². The van der Waals surface area contributed by atoms with Crippen molar-refractivity contribution in [3.63, 3.8) is 0 Å². The first-order valence-corrected chi connectivity index (χ1v) is 8.19. The average molecular weight is 333 g/mol. The van der Waals surface area contributed by atoms with Gasteiger partial charge in [0.1, 0.15) is 18.8 Å². The third kappa shape index (κ3) is 3.43. The molecule has 2 atom stereocenters. The molecular formula is C17H23N3O4. The molecule has 7 nitrogen and oxygen atoms in total. The Balaban J connectivity index is 1.87. The molecule has 1 N–H and O–H groups in total. The van der Waals surface area contributed by atoms with E-state index in [1.165, 1.54) is 4.90 Å². The minimum absolute atomic E-state index is 0.103. The molecule has 2 aliphatic rings. The first-order chi connectivity index (χ1) is 11.7. The highest BCUT2D eigenvalue weighted by Crippen LogP contribution is 2.26. The largest absolute Gasteiger partial charge is 0.379 e. The highest BCUT2D eigenvalue weighted by molar-refractivity contribution is 5.90. The van der Waals surface area contributed by atoms with E-state index >= 15 is 0 Å². The lowest BCUT2D eigenvalue weighted by Crippen LogP contribution is -2.52. The van der Waals surface area contributed by atoms with Gasteiger partial charge >= 0.3 is 0 Å². The number of carbonyl (C=O) groups excluding carboxylic acids is 2. The van der Waals surface area contributed by atoms with Crippen LogP contribution in [0.25, 0.3) is 0 Å². The minimum Gasteiger partial charge on any atom is -0.379 e. The summed E-state index contributed by atoms with van der Waals surface area (Å²) in [6, 6.07) is 8.67. The number of nitrogens with zero attached hydrogens (tertiary/aromatic N) is 2. The maximum absolute atomic E-state index is 13.3. The molecule has 0 aromatic heterocycles. The predicted molar refractivity (Wildman–Crippen MR) is 87.1 cm³/mol. The van der Waals surface area contributed by atoms with Gasteiger partial charge in [0.05, 0.1) is 19.8 Å². The molecule has 24 heavy (non-hydrogen) atoms. The van der Waals surface area contributed by atoms with Crippen LogP contribution in [-0.2, 0) is 19.1 Å². The zero-order valence-electron chi connectivity index (χ0n) is 13.8. The molecule has 2 heterocycles. The summed E-state index contributed by atoms with van der Waals surface area (Å²) in [6.45, 7) is 2.95. The second kappa shape index (κ2) is 7.74. The van der Waals surface area contributed by atoms with Crippen LogP contribution < -0.4 is 5.32 Å². The van der Waals surface area contributed by atoms with Crippen LogP contribution in [0.15, 0.2) is 30.3 Å². The van der Waals surface area contributed by atoms with E-state index in [1.807, 2.05) is 30.3 Å². The molecule has 3 rings (SSSR count). The number of hydrogen-bond acceptors (Lipinski definition) is 5. The Morgan fingerprint density at radius 2 is 1.88 bits per heavy atom. The summed E-state index contributed by atoms with van der Waals surface area (Å²) in [7, 11) is 1.57. The number of likely N-dealkylation sites (N-methyl/N-ethyl adjacent to an activating group) is 1. The SMILES string of the molecule is CNC(=O)C1COCN1C(=O)C(c1ccccc1)N1CCOCC1. The molecule has 130 valence electrons. The monoisotopic (exact) mass is 333 g/mol. The number of rotatable bonds is 4. The Hall–Kier alpha value is -1.96. The van der Waals surface area contributed by atoms with Gasteiger partial charge in [0.25, 0.3) is 0 Å². The van der Waals surface area contributed by atoms with Gasteiger partial charge in [-0.05, 0) is 5.56 Å². The molecule has 2 unspecified atom stereocenters. The van der Waals surface area contributed by atoms with E-state index in [0.29, 0.717) is 26.3 Å². The summed E-state index contributed by atoms with van der Waals surface area (Å²) in [5.74, 6) is -0.302. The molecule has 0 saturated carbocycles. The molecule has 0 aliphatic carbocycles. The standard InChI is InChI=1S/C17H23N3O4/c1-18-16(21)14-11-24-12-20(14)17(22)15(13-5-3-2-4-6-13)19-7-9-23-10-8-19/h2-6,14-15H,7-12H2,1H3,(H,18,21). The number of benzene rings is 1. The summed E-state index contributed by atoms with van der Waals surface area (Å²) in [6.07, 6.45) is 0. The van der Waals surface area contributed by atoms with Crippen molar-refractivity contribution in [2.75, 3.05) is 46.7 Å². The lowest BCUT2D eigenvalue weighted by atomic mass is 10.0. The minimum atomic E-state index is -0.574. The van der Waals surface area contributed by atoms with Crippen LogP contribution in [0, 0.1) is 0 Å². The number of nitrogens with one attached hydrogen (secondary N) is 1. The van der Waals surface area contributed by atoms with Gasteiger partial charge < -0.3 is 19.7 Å². The van der Waals surface area contributed by atoms with Crippen molar-refractivity contribution in [3.8, 4) is 0 Å². The van der Waals surface area contributed by atoms with Crippen molar-refractivity contribution in [2.24, 2.45) is 0 Å². The lowest BCUT2D eigenvalue weighted by Gasteiger charge is -2.36. The highest BCUT2D eigenvalue weighted by Gasteiger charge is 2.40. The molecule has 7 heteroatoms. The Morgan fingerprint density at radius 3 is 2.54 bits per heavy atom. The fourth-order valence-corrected chi connectivity index (χ4v) is 3.18. The third-order valence-corrected chi connectivity index (χ3v) is 4.47. The number of amides is 2. The quantitative estimate of drug-likeness (QED) is 0.839. The molecule has 0 bridgehead atoms. The van der Waals surface area contributed by atoms with Gasteiger partial charge in [0.15, 0.2) is 0 Å². The molecule has 1 aromatic carbocycles. The Morgan fingerprint density at radius 1 is 1.17 bits per heavy atom. The van der Waals surface area contributed by atoms with E-state index in [9.17, 15) is 9.59 Å². The van der Waals surface area contributed by atoms with Crippen molar-refractivity contribution in [3.05, 3.63) is 35.9 Å². The third-order valence-electron chi connectivity index (χ3n) is 4.47. The van der Waals surface area contributed by atoms with Crippen molar-refractivity contribution in [1.29, 1.82) is 0 Å². The molecule has 2 saturated heterocycles. The van der Waals surface area contributed by atoms with Crippen LogP contribution in [0.2, 0.25) is 0 Å². The smallest absolute Gasteiger partial charge is 0.247 e. The molecular weight excluding hydrogens is 310 g/mol. The Kier molecular flexibility index (Phi) is 5.44. The van der Waals surface area contributed by atoms with Gasteiger partial charge in [-0.25, -0.2) is 0 Å². The normalized spacial score (nSPS) is 23.0. The molecule has 0 spiro atoms. The van der Waals surface area contributed by atoms with Crippen molar-refractivity contribution < 1.29 is 19.1 Å². The Labute approximate surface area is 141 Å². The zero-order valence-corrected chi connectivity index (χ0v) is 13.8. The summed E-state index contributed by atoms with van der Waals surface area (Å²) in [4.78, 5) is 29.0. The summed E-state index contributed by atoms with van der Waals surface area (Å²) in [5.41, 5.74) is 0.923. The van der Waals surface area contributed by atoms with Crippen LogP contribution in [0.3, 0.4) is 0 Å². The van der Waals surface area contributed by atoms with Gasteiger partial charge in [0, 0.05) is 20.1 Å². The van der Waals surface area contributed by atoms with Crippen molar-refractivity contribution >= 4 is 11.8 Å². The van der Waals surface area contributed by atoms with Crippen LogP contribution in [-0.4, -0.2) is 74.3 Å². The maximum atomic E-state index is 13.3. The topological polar surface area (TPSA) is 71.1 Å². The first-order valence-electron chi connectivity index (χ1n) is 8.19. The molecule has 2 fully saturated rings. The molecule has 1 aromatic rings. The lowest BCUT2D eigenvalue weighted by molar-refractivity contribution is -0.144. The molecule has 0 radical (unpaired) electrons. The average Bonchev–Trinajstić information content (AvgIpc) is 3.13. The second-order valence-corrected chi connectivity index (χ2v) is 5.90. The predicted octanol–water partition coefficient (Wildman–Crippen LogP) is -0.00920. The maximum Gasteiger partial charge on any atom is 0.247 e. The van der Waals surface area contributed by atoms with Gasteiger partial charge in [-0.15, -0.1) is 0 Å². The van der Waals surface area contributed by atoms with Gasteiger partial charge in [-0.2, -0.15) is 0 Å². The Bertz CT molecular complexity index is 574. The number of morpholine rings is 1. The van der Waals surface area contributed by atoms with E-state index in [4.69, 9.17) is 9.47 Å². The summed E-state index contributed by atoms with van der Waals surface area (Å²) in [5, 5.41) is 2.60. The number of hydrogen-bond donors (Lipinski definition) is 1. The fraction of sp³-hybridized carbons (Fsp3) is 0.529. The summed E-state index contributed by atoms with van der Waals surface area (Å²) < 4.78 is 10.8. The number of carbonyl (C=O) groups is 2. The van der Waals surface area contributed by atoms with E-state index in [-0.39, 0.29) is 25.2 Å². The first kappa shape index (κ1) is 16.9. The van der Waals surface area contributed by atoms with E-state index in [0.717, 1.165) is 5.56 Å². The highest BCUT2D eigenvalue weighted by atomic mass is 16.5. The molecule has 2 aliphatic heterocycles.